The second kappa shape index (κ2) is 3.68. The van der Waals surface area contributed by atoms with Crippen molar-refractivity contribution in [3.05, 3.63) is 23.8 Å². The van der Waals surface area contributed by atoms with Gasteiger partial charge >= 0.3 is 6.36 Å². The van der Waals surface area contributed by atoms with E-state index in [1.165, 1.54) is 0 Å². The third-order valence-electron chi connectivity index (χ3n) is 1.48. The molecule has 0 heterocycles. The molecule has 0 aromatic heterocycles. The summed E-state index contributed by atoms with van der Waals surface area (Å²) in [4.78, 5) is 0. The summed E-state index contributed by atoms with van der Waals surface area (Å²) < 4.78 is 39.3. The van der Waals surface area contributed by atoms with E-state index >= 15 is 0 Å². The van der Waals surface area contributed by atoms with E-state index in [2.05, 4.69) is 4.74 Å². The van der Waals surface area contributed by atoms with Crippen molar-refractivity contribution in [2.45, 2.75) is 6.36 Å². The summed E-state index contributed by atoms with van der Waals surface area (Å²) in [6, 6.07) is 2.82. The molecule has 1 aromatic rings. The molecule has 0 saturated carbocycles. The van der Waals surface area contributed by atoms with Gasteiger partial charge in [0.2, 0.25) is 0 Å². The number of nitrogens with two attached hydrogens (primary N) is 1. The molecule has 0 aliphatic heterocycles. The Hall–Kier alpha value is -1.92. The number of hydrogen-bond acceptors (Lipinski definition) is 3. The number of aromatic hydroxyl groups is 1. The lowest BCUT2D eigenvalue weighted by Gasteiger charge is -2.12. The van der Waals surface area contributed by atoms with Crippen molar-refractivity contribution in [3.63, 3.8) is 0 Å². The second-order valence-electron chi connectivity index (χ2n) is 2.64. The molecule has 0 radical (unpaired) electrons. The molecule has 15 heavy (non-hydrogen) atoms. The van der Waals surface area contributed by atoms with Crippen LogP contribution >= 0.6 is 0 Å². The highest BCUT2D eigenvalue weighted by atomic mass is 19.4. The lowest BCUT2D eigenvalue weighted by atomic mass is 10.2. The molecule has 4 nitrogen and oxygen atoms in total. The van der Waals surface area contributed by atoms with Crippen LogP contribution in [0.25, 0.3) is 0 Å². The van der Waals surface area contributed by atoms with Gasteiger partial charge in [0.05, 0.1) is 5.56 Å². The summed E-state index contributed by atoms with van der Waals surface area (Å²) >= 11 is 0. The lowest BCUT2D eigenvalue weighted by Crippen LogP contribution is -2.20. The van der Waals surface area contributed by atoms with E-state index in [0.29, 0.717) is 0 Å². The molecular weight excluding hydrogens is 213 g/mol. The zero-order valence-electron chi connectivity index (χ0n) is 7.30. The van der Waals surface area contributed by atoms with Gasteiger partial charge in [-0.1, -0.05) is 0 Å². The van der Waals surface area contributed by atoms with Crippen molar-refractivity contribution >= 4 is 5.84 Å². The van der Waals surface area contributed by atoms with E-state index in [9.17, 15) is 13.2 Å². The van der Waals surface area contributed by atoms with E-state index in [0.717, 1.165) is 18.2 Å². The normalized spacial score (nSPS) is 11.1. The molecule has 0 aliphatic rings. The first-order chi connectivity index (χ1) is 6.79. The van der Waals surface area contributed by atoms with E-state index < -0.39 is 17.9 Å². The minimum absolute atomic E-state index is 0.297. The number of hydrogen-bond donors (Lipinski definition) is 3. The molecular formula is C8H7F3N2O2. The summed E-state index contributed by atoms with van der Waals surface area (Å²) in [5, 5.41) is 16.0. The fraction of sp³-hybridized carbons (Fsp3) is 0.125. The standard InChI is InChI=1S/C8H7F3N2O2/c9-8(10,11)15-6-2-1-4(14)3-5(6)7(12)13/h1-3,14H,(H3,12,13). The maximum atomic E-state index is 11.9. The first-order valence-corrected chi connectivity index (χ1v) is 3.73. The average molecular weight is 220 g/mol. The van der Waals surface area contributed by atoms with Gasteiger partial charge < -0.3 is 15.6 Å². The Morgan fingerprint density at radius 1 is 1.40 bits per heavy atom. The van der Waals surface area contributed by atoms with Crippen LogP contribution in [0.2, 0.25) is 0 Å². The Morgan fingerprint density at radius 2 is 2.00 bits per heavy atom. The Morgan fingerprint density at radius 3 is 2.47 bits per heavy atom. The SMILES string of the molecule is N=C(N)c1cc(O)ccc1OC(F)(F)F. The summed E-state index contributed by atoms with van der Waals surface area (Å²) in [6.45, 7) is 0. The van der Waals surface area contributed by atoms with Crippen LogP contribution < -0.4 is 10.5 Å². The molecule has 1 aromatic carbocycles. The van der Waals surface area contributed by atoms with Crippen LogP contribution in [0.5, 0.6) is 11.5 Å². The van der Waals surface area contributed by atoms with Crippen LogP contribution in [0, 0.1) is 5.41 Å². The van der Waals surface area contributed by atoms with E-state index in [4.69, 9.17) is 16.2 Å². The number of benzene rings is 1. The molecule has 0 atom stereocenters. The van der Waals surface area contributed by atoms with Crippen LogP contribution in [0.4, 0.5) is 13.2 Å². The third-order valence-corrected chi connectivity index (χ3v) is 1.48. The van der Waals surface area contributed by atoms with Crippen molar-refractivity contribution in [2.75, 3.05) is 0 Å². The van der Waals surface area contributed by atoms with Crippen LogP contribution in [-0.2, 0) is 0 Å². The van der Waals surface area contributed by atoms with Gasteiger partial charge in [-0.05, 0) is 18.2 Å². The minimum atomic E-state index is -4.86. The van der Waals surface area contributed by atoms with Crippen LogP contribution in [0.3, 0.4) is 0 Å². The average Bonchev–Trinajstić information content (AvgIpc) is 2.05. The predicted octanol–water partition coefficient (Wildman–Crippen LogP) is 1.57. The maximum Gasteiger partial charge on any atom is 0.573 e. The van der Waals surface area contributed by atoms with Gasteiger partial charge in [0.15, 0.2) is 0 Å². The monoisotopic (exact) mass is 220 g/mol. The Bertz CT molecular complexity index is 390. The summed E-state index contributed by atoms with van der Waals surface area (Å²) in [5.41, 5.74) is 4.71. The molecule has 0 fully saturated rings. The zero-order valence-corrected chi connectivity index (χ0v) is 7.30. The van der Waals surface area contributed by atoms with E-state index in [-0.39, 0.29) is 11.3 Å². The molecule has 1 rings (SSSR count). The first-order valence-electron chi connectivity index (χ1n) is 3.73. The molecule has 0 amide bonds. The van der Waals surface area contributed by atoms with E-state index in [1.807, 2.05) is 0 Å². The van der Waals surface area contributed by atoms with Crippen LogP contribution in [-0.4, -0.2) is 17.3 Å². The smallest absolute Gasteiger partial charge is 0.508 e. The Balaban J connectivity index is 3.12. The number of nitrogen functional groups attached to an aromatic ring is 1. The van der Waals surface area contributed by atoms with Gasteiger partial charge in [0.25, 0.3) is 0 Å². The second-order valence-corrected chi connectivity index (χ2v) is 2.64. The highest BCUT2D eigenvalue weighted by Crippen LogP contribution is 2.28. The molecule has 0 spiro atoms. The predicted molar refractivity (Wildman–Crippen MR) is 45.8 cm³/mol. The highest BCUT2D eigenvalue weighted by molar-refractivity contribution is 5.98. The van der Waals surface area contributed by atoms with Gasteiger partial charge in [0.1, 0.15) is 17.3 Å². The number of amidine groups is 1. The fourth-order valence-electron chi connectivity index (χ4n) is 0.942. The molecule has 4 N–H and O–H groups in total. The number of rotatable bonds is 2. The summed E-state index contributed by atoms with van der Waals surface area (Å²) in [5.74, 6) is -1.53. The molecule has 0 saturated heterocycles. The topological polar surface area (TPSA) is 79.3 Å². The van der Waals surface area contributed by atoms with Gasteiger partial charge in [-0.2, -0.15) is 0 Å². The van der Waals surface area contributed by atoms with Gasteiger partial charge in [-0.15, -0.1) is 13.2 Å². The number of alkyl halides is 3. The van der Waals surface area contributed by atoms with Crippen LogP contribution in [0.15, 0.2) is 18.2 Å². The quantitative estimate of drug-likeness (QED) is 0.522. The molecule has 82 valence electrons. The van der Waals surface area contributed by atoms with Crippen molar-refractivity contribution in [1.82, 2.24) is 0 Å². The Labute approximate surface area is 82.6 Å². The van der Waals surface area contributed by atoms with Crippen molar-refractivity contribution < 1.29 is 23.0 Å². The number of phenols is 1. The molecule has 0 unspecified atom stereocenters. The third kappa shape index (κ3) is 3.04. The van der Waals surface area contributed by atoms with Gasteiger partial charge in [-0.25, -0.2) is 0 Å². The highest BCUT2D eigenvalue weighted by Gasteiger charge is 2.32. The molecule has 0 bridgehead atoms. The van der Waals surface area contributed by atoms with Crippen LogP contribution in [0.1, 0.15) is 5.56 Å². The van der Waals surface area contributed by atoms with E-state index in [1.54, 1.807) is 0 Å². The van der Waals surface area contributed by atoms with Gasteiger partial charge in [0, 0.05) is 0 Å². The van der Waals surface area contributed by atoms with Crippen molar-refractivity contribution in [3.8, 4) is 11.5 Å². The Kier molecular flexibility index (Phi) is 2.74. The largest absolute Gasteiger partial charge is 0.573 e. The zero-order chi connectivity index (χ0) is 11.6. The summed E-state index contributed by atoms with van der Waals surface area (Å²) in [7, 11) is 0. The molecule has 7 heteroatoms. The molecule has 0 aliphatic carbocycles. The maximum absolute atomic E-state index is 11.9. The first kappa shape index (κ1) is 11.2. The van der Waals surface area contributed by atoms with Crippen molar-refractivity contribution in [1.29, 1.82) is 5.41 Å². The number of ether oxygens (including phenoxy) is 1. The summed E-state index contributed by atoms with van der Waals surface area (Å²) in [6.07, 6.45) is -4.86. The number of halogens is 3. The lowest BCUT2D eigenvalue weighted by molar-refractivity contribution is -0.274. The van der Waals surface area contributed by atoms with Crippen molar-refractivity contribution in [2.24, 2.45) is 5.73 Å². The minimum Gasteiger partial charge on any atom is -0.508 e. The number of nitrogens with one attached hydrogen (secondary N) is 1. The van der Waals surface area contributed by atoms with Gasteiger partial charge in [-0.3, -0.25) is 5.41 Å². The number of phenolic OH excluding ortho intramolecular Hbond substituents is 1. The fourth-order valence-corrected chi connectivity index (χ4v) is 0.942.